The van der Waals surface area contributed by atoms with Gasteiger partial charge in [-0.3, -0.25) is 14.4 Å². The fourth-order valence-electron chi connectivity index (χ4n) is 0.687. The van der Waals surface area contributed by atoms with Gasteiger partial charge in [-0.2, -0.15) is 0 Å². The molecule has 0 unspecified atom stereocenters. The van der Waals surface area contributed by atoms with Crippen LogP contribution in [0.1, 0.15) is 6.92 Å². The number of carbonyl (C=O) groups is 3. The average Bonchev–Trinajstić information content (AvgIpc) is 2.12. The summed E-state index contributed by atoms with van der Waals surface area (Å²) in [7, 11) is 1.63. The fourth-order valence-corrected chi connectivity index (χ4v) is 0.687. The normalized spacial score (nSPS) is 9.29. The Morgan fingerprint density at radius 1 is 0.929 bits per heavy atom. The third kappa shape index (κ3) is 7.23. The number of hydrogen-bond acceptors (Lipinski definition) is 4. The molecule has 0 atom stereocenters. The number of Topliss-reactive ketones (excluding diaryl/α,β-unsaturated/α-hetero) is 1. The van der Waals surface area contributed by atoms with Gasteiger partial charge in [-0.25, -0.2) is 0 Å². The molecule has 0 aromatic heterocycles. The van der Waals surface area contributed by atoms with Crippen LogP contribution in [-0.4, -0.2) is 44.3 Å². The highest BCUT2D eigenvalue weighted by Gasteiger charge is 2.04. The Morgan fingerprint density at radius 2 is 1.43 bits per heavy atom. The Hall–Kier alpha value is -1.43. The maximum absolute atomic E-state index is 11.0. The molecule has 0 radical (unpaired) electrons. The molecule has 2 amide bonds. The first-order valence-electron chi connectivity index (χ1n) is 4.23. The van der Waals surface area contributed by atoms with E-state index in [9.17, 15) is 14.4 Å². The molecule has 6 nitrogen and oxygen atoms in total. The molecule has 0 heterocycles. The summed E-state index contributed by atoms with van der Waals surface area (Å²) in [6.07, 6.45) is 0. The van der Waals surface area contributed by atoms with Crippen LogP contribution in [0.15, 0.2) is 0 Å². The lowest BCUT2D eigenvalue weighted by Gasteiger charge is -2.04. The van der Waals surface area contributed by atoms with Gasteiger partial charge in [0.25, 0.3) is 0 Å². The van der Waals surface area contributed by atoms with Crippen molar-refractivity contribution in [2.75, 3.05) is 26.7 Å². The minimum Gasteiger partial charge on any atom is -0.348 e. The van der Waals surface area contributed by atoms with E-state index in [4.69, 9.17) is 0 Å². The van der Waals surface area contributed by atoms with E-state index >= 15 is 0 Å². The van der Waals surface area contributed by atoms with Crippen molar-refractivity contribution in [2.24, 2.45) is 0 Å². The third-order valence-electron chi connectivity index (χ3n) is 1.32. The van der Waals surface area contributed by atoms with Crippen LogP contribution >= 0.6 is 0 Å². The first kappa shape index (κ1) is 12.6. The van der Waals surface area contributed by atoms with Crippen LogP contribution in [0, 0.1) is 0 Å². The van der Waals surface area contributed by atoms with Gasteiger partial charge >= 0.3 is 0 Å². The summed E-state index contributed by atoms with van der Waals surface area (Å²) in [5.74, 6) is -0.755. The van der Waals surface area contributed by atoms with Crippen molar-refractivity contribution < 1.29 is 14.4 Å². The minimum atomic E-state index is -0.371. The average molecular weight is 201 g/mol. The van der Waals surface area contributed by atoms with Gasteiger partial charge < -0.3 is 16.0 Å². The van der Waals surface area contributed by atoms with Crippen LogP contribution < -0.4 is 16.0 Å². The van der Waals surface area contributed by atoms with Crippen LogP contribution in [0.25, 0.3) is 0 Å². The van der Waals surface area contributed by atoms with Gasteiger partial charge in [0.05, 0.1) is 19.6 Å². The van der Waals surface area contributed by atoms with E-state index < -0.39 is 0 Å². The lowest BCUT2D eigenvalue weighted by molar-refractivity contribution is -0.126. The molecule has 0 aliphatic carbocycles. The van der Waals surface area contributed by atoms with Crippen molar-refractivity contribution in [3.8, 4) is 0 Å². The van der Waals surface area contributed by atoms with Crippen molar-refractivity contribution in [1.29, 1.82) is 0 Å². The molecular weight excluding hydrogens is 186 g/mol. The SMILES string of the molecule is CNCC(=O)NCC(=O)NCC(C)=O. The lowest BCUT2D eigenvalue weighted by atomic mass is 10.4. The molecule has 0 aliphatic rings. The molecule has 0 spiro atoms. The predicted octanol–water partition coefficient (Wildman–Crippen LogP) is -1.97. The Kier molecular flexibility index (Phi) is 6.30. The highest BCUT2D eigenvalue weighted by molar-refractivity contribution is 5.88. The largest absolute Gasteiger partial charge is 0.348 e. The molecule has 0 rings (SSSR count). The molecule has 80 valence electrons. The van der Waals surface area contributed by atoms with Gasteiger partial charge in [0.1, 0.15) is 5.78 Å². The standard InChI is InChI=1S/C8H15N3O3/c1-6(12)3-10-8(14)5-11-7(13)4-9-2/h9H,3-5H2,1-2H3,(H,10,14)(H,11,13). The second kappa shape index (κ2) is 7.02. The number of nitrogens with one attached hydrogen (secondary N) is 3. The van der Waals surface area contributed by atoms with Gasteiger partial charge in [-0.1, -0.05) is 0 Å². The highest BCUT2D eigenvalue weighted by atomic mass is 16.2. The van der Waals surface area contributed by atoms with Crippen LogP contribution in [0.3, 0.4) is 0 Å². The topological polar surface area (TPSA) is 87.3 Å². The molecule has 0 saturated heterocycles. The summed E-state index contributed by atoms with van der Waals surface area (Å²) in [4.78, 5) is 32.3. The maximum atomic E-state index is 11.0. The molecule has 0 aromatic carbocycles. The van der Waals surface area contributed by atoms with Gasteiger partial charge in [-0.05, 0) is 14.0 Å². The van der Waals surface area contributed by atoms with Crippen molar-refractivity contribution in [3.05, 3.63) is 0 Å². The smallest absolute Gasteiger partial charge is 0.239 e. The number of carbonyl (C=O) groups excluding carboxylic acids is 3. The highest BCUT2D eigenvalue weighted by Crippen LogP contribution is 1.68. The second-order valence-electron chi connectivity index (χ2n) is 2.79. The summed E-state index contributed by atoms with van der Waals surface area (Å²) in [5.41, 5.74) is 0. The van der Waals surface area contributed by atoms with E-state index in [0.29, 0.717) is 0 Å². The van der Waals surface area contributed by atoms with Crippen molar-refractivity contribution in [1.82, 2.24) is 16.0 Å². The number of likely N-dealkylation sites (N-methyl/N-ethyl adjacent to an activating group) is 1. The van der Waals surface area contributed by atoms with Crippen LogP contribution in [0.4, 0.5) is 0 Å². The molecular formula is C8H15N3O3. The summed E-state index contributed by atoms with van der Waals surface area (Å²) in [6.45, 7) is 1.44. The Bertz CT molecular complexity index is 228. The maximum Gasteiger partial charge on any atom is 0.239 e. The van der Waals surface area contributed by atoms with Crippen molar-refractivity contribution in [2.45, 2.75) is 6.92 Å². The van der Waals surface area contributed by atoms with Gasteiger partial charge in [0.15, 0.2) is 0 Å². The number of ketones is 1. The van der Waals surface area contributed by atoms with Gasteiger partial charge in [0, 0.05) is 0 Å². The van der Waals surface area contributed by atoms with Crippen molar-refractivity contribution in [3.63, 3.8) is 0 Å². The second-order valence-corrected chi connectivity index (χ2v) is 2.79. The number of amides is 2. The first-order chi connectivity index (χ1) is 6.56. The minimum absolute atomic E-state index is 0.000726. The Balaban J connectivity index is 3.53. The fraction of sp³-hybridized carbons (Fsp3) is 0.625. The monoisotopic (exact) mass is 201 g/mol. The quantitative estimate of drug-likeness (QED) is 0.465. The van der Waals surface area contributed by atoms with E-state index in [0.717, 1.165) is 0 Å². The summed E-state index contributed by atoms with van der Waals surface area (Å²) in [5, 5.41) is 7.38. The first-order valence-corrected chi connectivity index (χ1v) is 4.23. The zero-order valence-electron chi connectivity index (χ0n) is 8.35. The van der Waals surface area contributed by atoms with E-state index in [2.05, 4.69) is 16.0 Å². The zero-order chi connectivity index (χ0) is 11.0. The van der Waals surface area contributed by atoms with Crippen LogP contribution in [-0.2, 0) is 14.4 Å². The summed E-state index contributed by atoms with van der Waals surface area (Å²) >= 11 is 0. The van der Waals surface area contributed by atoms with Crippen molar-refractivity contribution >= 4 is 17.6 Å². The molecule has 3 N–H and O–H groups in total. The molecule has 0 bridgehead atoms. The zero-order valence-corrected chi connectivity index (χ0v) is 8.35. The molecule has 6 heteroatoms. The number of hydrogen-bond donors (Lipinski definition) is 3. The van der Waals surface area contributed by atoms with Gasteiger partial charge in [0.2, 0.25) is 11.8 Å². The molecule has 14 heavy (non-hydrogen) atoms. The van der Waals surface area contributed by atoms with Gasteiger partial charge in [-0.15, -0.1) is 0 Å². The number of rotatable bonds is 6. The summed E-state index contributed by atoms with van der Waals surface area (Å²) in [6, 6.07) is 0. The van der Waals surface area contributed by atoms with Crippen LogP contribution in [0.5, 0.6) is 0 Å². The Morgan fingerprint density at radius 3 is 1.93 bits per heavy atom. The molecule has 0 aromatic rings. The molecule has 0 fully saturated rings. The molecule has 0 saturated carbocycles. The van der Waals surface area contributed by atoms with E-state index in [1.165, 1.54) is 6.92 Å². The third-order valence-corrected chi connectivity index (χ3v) is 1.32. The molecule has 0 aliphatic heterocycles. The van der Waals surface area contributed by atoms with Crippen LogP contribution in [0.2, 0.25) is 0 Å². The van der Waals surface area contributed by atoms with E-state index in [1.807, 2.05) is 0 Å². The van der Waals surface area contributed by atoms with E-state index in [1.54, 1.807) is 7.05 Å². The summed E-state index contributed by atoms with van der Waals surface area (Å²) < 4.78 is 0. The Labute approximate surface area is 82.4 Å². The lowest BCUT2D eigenvalue weighted by Crippen LogP contribution is -2.41. The predicted molar refractivity (Wildman–Crippen MR) is 50.6 cm³/mol. The van der Waals surface area contributed by atoms with E-state index in [-0.39, 0.29) is 37.2 Å².